The van der Waals surface area contributed by atoms with Crippen molar-refractivity contribution >= 4 is 23.5 Å². The van der Waals surface area contributed by atoms with Gasteiger partial charge in [-0.3, -0.25) is 20.4 Å². The van der Waals surface area contributed by atoms with E-state index >= 15 is 0 Å². The molecule has 1 aliphatic rings. The van der Waals surface area contributed by atoms with Crippen LogP contribution in [0.2, 0.25) is 0 Å². The summed E-state index contributed by atoms with van der Waals surface area (Å²) in [6, 6.07) is 9.83. The van der Waals surface area contributed by atoms with Crippen LogP contribution in [0.3, 0.4) is 0 Å². The Kier molecular flexibility index (Phi) is 5.69. The van der Waals surface area contributed by atoms with Crippen LogP contribution in [0.4, 0.5) is 11.6 Å². The topological polar surface area (TPSA) is 87.2 Å². The van der Waals surface area contributed by atoms with Gasteiger partial charge in [0.1, 0.15) is 0 Å². The van der Waals surface area contributed by atoms with Gasteiger partial charge < -0.3 is 4.90 Å². The molecule has 7 nitrogen and oxygen atoms in total. The second-order valence-electron chi connectivity index (χ2n) is 6.91. The van der Waals surface area contributed by atoms with Crippen molar-refractivity contribution in [3.8, 4) is 0 Å². The molecule has 2 amide bonds. The molecule has 2 aromatic rings. The maximum atomic E-state index is 12.4. The van der Waals surface area contributed by atoms with Gasteiger partial charge in [0.05, 0.1) is 5.92 Å². The SMILES string of the molecule is CCCc1ccc(N2CC(C(=O)NNc3nc(C)cc(C)n3)CC2=O)cc1. The standard InChI is InChI=1S/C20H25N5O2/c1-4-5-15-6-8-17(9-7-15)25-12-16(11-18(25)26)19(27)23-24-20-21-13(2)10-14(3)22-20/h6-10,16H,4-5,11-12H2,1-3H3,(H,23,27)(H,21,22,24). The first kappa shape index (κ1) is 18.8. The van der Waals surface area contributed by atoms with Crippen molar-refractivity contribution in [1.82, 2.24) is 15.4 Å². The lowest BCUT2D eigenvalue weighted by atomic mass is 10.1. The number of benzene rings is 1. The van der Waals surface area contributed by atoms with E-state index in [1.165, 1.54) is 5.56 Å². The van der Waals surface area contributed by atoms with Crippen molar-refractivity contribution in [3.63, 3.8) is 0 Å². The normalized spacial score (nSPS) is 16.5. The summed E-state index contributed by atoms with van der Waals surface area (Å²) in [5, 5.41) is 0. The number of hydrogen-bond acceptors (Lipinski definition) is 5. The molecule has 0 radical (unpaired) electrons. The maximum absolute atomic E-state index is 12.4. The molecule has 1 saturated heterocycles. The fraction of sp³-hybridized carbons (Fsp3) is 0.400. The molecule has 7 heteroatoms. The molecule has 2 N–H and O–H groups in total. The van der Waals surface area contributed by atoms with Crippen LogP contribution in [-0.4, -0.2) is 28.3 Å². The number of aromatic nitrogens is 2. The summed E-state index contributed by atoms with van der Waals surface area (Å²) in [6.45, 7) is 6.23. The van der Waals surface area contributed by atoms with Gasteiger partial charge in [-0.2, -0.15) is 0 Å². The molecule has 1 atom stereocenters. The molecule has 0 saturated carbocycles. The van der Waals surface area contributed by atoms with E-state index in [0.717, 1.165) is 29.9 Å². The minimum atomic E-state index is -0.411. The Morgan fingerprint density at radius 1 is 1.19 bits per heavy atom. The minimum Gasteiger partial charge on any atom is -0.312 e. The number of hydrazine groups is 1. The van der Waals surface area contributed by atoms with Gasteiger partial charge in [0.15, 0.2) is 0 Å². The van der Waals surface area contributed by atoms with Gasteiger partial charge in [-0.25, -0.2) is 9.97 Å². The lowest BCUT2D eigenvalue weighted by Gasteiger charge is -2.17. The number of rotatable bonds is 6. The molecule has 1 unspecified atom stereocenters. The monoisotopic (exact) mass is 367 g/mol. The molecule has 27 heavy (non-hydrogen) atoms. The van der Waals surface area contributed by atoms with Crippen LogP contribution in [0.25, 0.3) is 0 Å². The minimum absolute atomic E-state index is 0.0407. The third-order valence-electron chi connectivity index (χ3n) is 4.56. The van der Waals surface area contributed by atoms with Crippen LogP contribution in [0.15, 0.2) is 30.3 Å². The van der Waals surface area contributed by atoms with Crippen molar-refractivity contribution < 1.29 is 9.59 Å². The Balaban J connectivity index is 1.59. The van der Waals surface area contributed by atoms with Gasteiger partial charge >= 0.3 is 0 Å². The number of nitrogens with one attached hydrogen (secondary N) is 2. The number of amides is 2. The van der Waals surface area contributed by atoms with E-state index < -0.39 is 5.92 Å². The Labute approximate surface area is 159 Å². The molecular formula is C20H25N5O2. The Hall–Kier alpha value is -2.96. The molecule has 0 aliphatic carbocycles. The Morgan fingerprint density at radius 3 is 2.48 bits per heavy atom. The van der Waals surface area contributed by atoms with Crippen LogP contribution < -0.4 is 15.8 Å². The van der Waals surface area contributed by atoms with E-state index in [1.54, 1.807) is 4.90 Å². The van der Waals surface area contributed by atoms with Crippen molar-refractivity contribution in [2.24, 2.45) is 5.92 Å². The highest BCUT2D eigenvalue weighted by Gasteiger charge is 2.35. The first-order valence-electron chi connectivity index (χ1n) is 9.23. The van der Waals surface area contributed by atoms with Crippen LogP contribution in [0, 0.1) is 19.8 Å². The van der Waals surface area contributed by atoms with E-state index in [1.807, 2.05) is 44.2 Å². The smallest absolute Gasteiger partial charge is 0.243 e. The largest absolute Gasteiger partial charge is 0.312 e. The average molecular weight is 367 g/mol. The van der Waals surface area contributed by atoms with Crippen LogP contribution in [0.1, 0.15) is 36.7 Å². The summed E-state index contributed by atoms with van der Waals surface area (Å²) in [5.74, 6) is -0.350. The third kappa shape index (κ3) is 4.61. The van der Waals surface area contributed by atoms with E-state index in [2.05, 4.69) is 27.7 Å². The van der Waals surface area contributed by atoms with Crippen LogP contribution in [0.5, 0.6) is 0 Å². The van der Waals surface area contributed by atoms with Crippen molar-refractivity contribution in [2.45, 2.75) is 40.0 Å². The average Bonchev–Trinajstić information content (AvgIpc) is 3.02. The number of carbonyl (C=O) groups is 2. The Bertz CT molecular complexity index is 815. The molecule has 1 aliphatic heterocycles. The van der Waals surface area contributed by atoms with Gasteiger partial charge in [-0.15, -0.1) is 0 Å². The summed E-state index contributed by atoms with van der Waals surface area (Å²) < 4.78 is 0. The first-order valence-corrected chi connectivity index (χ1v) is 9.23. The molecule has 0 spiro atoms. The van der Waals surface area contributed by atoms with Crippen molar-refractivity contribution in [1.29, 1.82) is 0 Å². The number of anilines is 2. The fourth-order valence-corrected chi connectivity index (χ4v) is 3.27. The predicted molar refractivity (Wildman–Crippen MR) is 104 cm³/mol. The lowest BCUT2D eigenvalue weighted by molar-refractivity contribution is -0.125. The second-order valence-corrected chi connectivity index (χ2v) is 6.91. The molecule has 1 aromatic carbocycles. The quantitative estimate of drug-likeness (QED) is 0.766. The maximum Gasteiger partial charge on any atom is 0.243 e. The molecule has 1 fully saturated rings. The van der Waals surface area contributed by atoms with Gasteiger partial charge in [0.2, 0.25) is 17.8 Å². The summed E-state index contributed by atoms with van der Waals surface area (Å²) in [4.78, 5) is 34.9. The van der Waals surface area contributed by atoms with Gasteiger partial charge in [0, 0.05) is 30.0 Å². The number of carbonyl (C=O) groups excluding carboxylic acids is 2. The van der Waals surface area contributed by atoms with E-state index in [9.17, 15) is 9.59 Å². The zero-order chi connectivity index (χ0) is 19.4. The van der Waals surface area contributed by atoms with E-state index in [4.69, 9.17) is 0 Å². The molecule has 142 valence electrons. The summed E-state index contributed by atoms with van der Waals surface area (Å²) >= 11 is 0. The van der Waals surface area contributed by atoms with E-state index in [-0.39, 0.29) is 18.2 Å². The molecule has 1 aromatic heterocycles. The Morgan fingerprint density at radius 2 is 1.85 bits per heavy atom. The summed E-state index contributed by atoms with van der Waals surface area (Å²) in [7, 11) is 0. The third-order valence-corrected chi connectivity index (χ3v) is 4.56. The van der Waals surface area contributed by atoms with Crippen molar-refractivity contribution in [2.75, 3.05) is 16.9 Å². The van der Waals surface area contributed by atoms with Gasteiger partial charge in [-0.1, -0.05) is 25.5 Å². The lowest BCUT2D eigenvalue weighted by Crippen LogP contribution is -2.37. The molecule has 3 rings (SSSR count). The second kappa shape index (κ2) is 8.16. The van der Waals surface area contributed by atoms with Crippen LogP contribution in [-0.2, 0) is 16.0 Å². The van der Waals surface area contributed by atoms with Gasteiger partial charge in [0.25, 0.3) is 0 Å². The fourth-order valence-electron chi connectivity index (χ4n) is 3.27. The number of aryl methyl sites for hydroxylation is 3. The number of nitrogens with zero attached hydrogens (tertiary/aromatic N) is 3. The highest BCUT2D eigenvalue weighted by atomic mass is 16.2. The predicted octanol–water partition coefficient (Wildman–Crippen LogP) is 2.54. The highest BCUT2D eigenvalue weighted by molar-refractivity contribution is 6.00. The zero-order valence-electron chi connectivity index (χ0n) is 16.0. The molecule has 0 bridgehead atoms. The zero-order valence-corrected chi connectivity index (χ0v) is 16.0. The van der Waals surface area contributed by atoms with Crippen molar-refractivity contribution in [3.05, 3.63) is 47.3 Å². The summed E-state index contributed by atoms with van der Waals surface area (Å²) in [5.41, 5.74) is 9.07. The number of hydrogen-bond donors (Lipinski definition) is 2. The van der Waals surface area contributed by atoms with Gasteiger partial charge in [-0.05, 0) is 44.0 Å². The highest BCUT2D eigenvalue weighted by Crippen LogP contribution is 2.25. The molecular weight excluding hydrogens is 342 g/mol. The first-order chi connectivity index (χ1) is 13.0. The van der Waals surface area contributed by atoms with E-state index in [0.29, 0.717) is 12.5 Å². The molecule has 2 heterocycles. The van der Waals surface area contributed by atoms with Crippen LogP contribution >= 0.6 is 0 Å². The summed E-state index contributed by atoms with van der Waals surface area (Å²) in [6.07, 6.45) is 2.30.